The second-order valence-corrected chi connectivity index (χ2v) is 2.13. The summed E-state index contributed by atoms with van der Waals surface area (Å²) in [7, 11) is 0. The summed E-state index contributed by atoms with van der Waals surface area (Å²) < 4.78 is 0. The first-order chi connectivity index (χ1) is 4.97. The van der Waals surface area contributed by atoms with Crippen molar-refractivity contribution in [2.45, 2.75) is 0 Å². The summed E-state index contributed by atoms with van der Waals surface area (Å²) in [5.74, 6) is 0.977. The Morgan fingerprint density at radius 2 is 2.50 bits per heavy atom. The molecule has 2 rings (SSSR count). The topological polar surface area (TPSA) is 15.6 Å². The van der Waals surface area contributed by atoms with E-state index in [-0.39, 0.29) is 0 Å². The SMILES string of the molecule is [C]1=CC=CC=C2N=CCN12. The van der Waals surface area contributed by atoms with Gasteiger partial charge in [0, 0.05) is 6.21 Å². The van der Waals surface area contributed by atoms with Crippen molar-refractivity contribution < 1.29 is 0 Å². The van der Waals surface area contributed by atoms with Crippen LogP contribution in [0.2, 0.25) is 0 Å². The molecule has 0 amide bonds. The van der Waals surface area contributed by atoms with E-state index in [1.54, 1.807) is 0 Å². The second-order valence-electron chi connectivity index (χ2n) is 2.13. The lowest BCUT2D eigenvalue weighted by Crippen LogP contribution is -2.11. The molecule has 0 spiro atoms. The summed E-state index contributed by atoms with van der Waals surface area (Å²) in [6.07, 6.45) is 12.7. The van der Waals surface area contributed by atoms with Gasteiger partial charge in [-0.3, -0.25) is 0 Å². The lowest BCUT2D eigenvalue weighted by Gasteiger charge is -2.08. The molecule has 0 bridgehead atoms. The smallest absolute Gasteiger partial charge is 0.132 e. The molecule has 0 unspecified atom stereocenters. The molecular weight excluding hydrogens is 124 g/mol. The molecule has 0 atom stereocenters. The Morgan fingerprint density at radius 3 is 3.50 bits per heavy atom. The largest absolute Gasteiger partial charge is 0.319 e. The Kier molecular flexibility index (Phi) is 1.17. The van der Waals surface area contributed by atoms with E-state index in [9.17, 15) is 0 Å². The fourth-order valence-corrected chi connectivity index (χ4v) is 0.961. The number of nitrogens with zero attached hydrogens (tertiary/aromatic N) is 2. The van der Waals surface area contributed by atoms with E-state index in [2.05, 4.69) is 11.2 Å². The molecule has 0 aromatic heterocycles. The maximum absolute atomic E-state index is 4.15. The summed E-state index contributed by atoms with van der Waals surface area (Å²) in [6.45, 7) is 0.851. The van der Waals surface area contributed by atoms with E-state index in [1.165, 1.54) is 0 Å². The van der Waals surface area contributed by atoms with Crippen molar-refractivity contribution in [3.8, 4) is 0 Å². The minimum absolute atomic E-state index is 0.851. The van der Waals surface area contributed by atoms with Gasteiger partial charge < -0.3 is 4.90 Å². The molecule has 2 heteroatoms. The van der Waals surface area contributed by atoms with Crippen molar-refractivity contribution in [2.24, 2.45) is 4.99 Å². The highest BCUT2D eigenvalue weighted by Gasteiger charge is 2.09. The van der Waals surface area contributed by atoms with Crippen LogP contribution in [-0.4, -0.2) is 17.7 Å². The van der Waals surface area contributed by atoms with Gasteiger partial charge in [-0.25, -0.2) is 4.99 Å². The van der Waals surface area contributed by atoms with Gasteiger partial charge in [0.15, 0.2) is 0 Å². The maximum atomic E-state index is 4.15. The third-order valence-corrected chi connectivity index (χ3v) is 1.45. The van der Waals surface area contributed by atoms with Crippen molar-refractivity contribution >= 4 is 6.21 Å². The van der Waals surface area contributed by atoms with E-state index in [4.69, 9.17) is 0 Å². The van der Waals surface area contributed by atoms with Crippen LogP contribution < -0.4 is 0 Å². The zero-order valence-electron chi connectivity index (χ0n) is 5.49. The normalized spacial score (nSPS) is 20.8. The van der Waals surface area contributed by atoms with Gasteiger partial charge in [0.1, 0.15) is 5.82 Å². The highest BCUT2D eigenvalue weighted by Crippen LogP contribution is 2.12. The number of hydrogen-bond donors (Lipinski definition) is 0. The summed E-state index contributed by atoms with van der Waals surface area (Å²) in [4.78, 5) is 6.12. The third-order valence-electron chi connectivity index (χ3n) is 1.45. The summed E-state index contributed by atoms with van der Waals surface area (Å²) in [6, 6.07) is 0. The molecule has 2 heterocycles. The van der Waals surface area contributed by atoms with Crippen molar-refractivity contribution in [1.82, 2.24) is 4.90 Å². The lowest BCUT2D eigenvalue weighted by atomic mass is 10.5. The average molecular weight is 131 g/mol. The van der Waals surface area contributed by atoms with Gasteiger partial charge >= 0.3 is 0 Å². The van der Waals surface area contributed by atoms with Crippen LogP contribution in [0.1, 0.15) is 0 Å². The van der Waals surface area contributed by atoms with Crippen LogP contribution in [0, 0.1) is 6.20 Å². The second kappa shape index (κ2) is 2.14. The Hall–Kier alpha value is -1.31. The van der Waals surface area contributed by atoms with E-state index in [0.29, 0.717) is 0 Å². The number of fused-ring (bicyclic) bond motifs is 1. The molecule has 0 fully saturated rings. The van der Waals surface area contributed by atoms with Crippen molar-refractivity contribution in [2.75, 3.05) is 6.54 Å². The van der Waals surface area contributed by atoms with Gasteiger partial charge in [0.05, 0.1) is 12.7 Å². The predicted octanol–water partition coefficient (Wildman–Crippen LogP) is 1.10. The van der Waals surface area contributed by atoms with Crippen LogP contribution in [0.3, 0.4) is 0 Å². The quantitative estimate of drug-likeness (QED) is 0.480. The first kappa shape index (κ1) is 5.47. The number of allylic oxidation sites excluding steroid dienone is 4. The minimum atomic E-state index is 0.851. The summed E-state index contributed by atoms with van der Waals surface area (Å²) in [5, 5.41) is 0. The standard InChI is InChI=1S/C8H7N2/c1-2-4-8-9-5-7-10(8)6-3-1/h1-5H,7H2. The Labute approximate surface area is 59.9 Å². The molecular formula is C8H7N2. The van der Waals surface area contributed by atoms with Gasteiger partial charge in [-0.15, -0.1) is 0 Å². The monoisotopic (exact) mass is 131 g/mol. The number of rotatable bonds is 0. The van der Waals surface area contributed by atoms with Gasteiger partial charge in [0.2, 0.25) is 0 Å². The highest BCUT2D eigenvalue weighted by atomic mass is 15.2. The van der Waals surface area contributed by atoms with Gasteiger partial charge in [-0.05, 0) is 12.2 Å². The molecule has 0 saturated heterocycles. The van der Waals surface area contributed by atoms with Crippen LogP contribution in [-0.2, 0) is 0 Å². The Bertz CT molecular complexity index is 246. The number of aliphatic imine (C=N–C) groups is 1. The van der Waals surface area contributed by atoms with Gasteiger partial charge in [-0.1, -0.05) is 12.2 Å². The van der Waals surface area contributed by atoms with Gasteiger partial charge in [0.25, 0.3) is 0 Å². The molecule has 49 valence electrons. The van der Waals surface area contributed by atoms with Crippen molar-refractivity contribution in [3.63, 3.8) is 0 Å². The first-order valence-corrected chi connectivity index (χ1v) is 3.23. The molecule has 2 aliphatic rings. The molecule has 0 aliphatic carbocycles. The fourth-order valence-electron chi connectivity index (χ4n) is 0.961. The molecule has 2 nitrogen and oxygen atoms in total. The predicted molar refractivity (Wildman–Crippen MR) is 40.2 cm³/mol. The van der Waals surface area contributed by atoms with Crippen LogP contribution in [0.5, 0.6) is 0 Å². The van der Waals surface area contributed by atoms with Crippen LogP contribution >= 0.6 is 0 Å². The van der Waals surface area contributed by atoms with E-state index < -0.39 is 0 Å². The van der Waals surface area contributed by atoms with Crippen LogP contribution in [0.15, 0.2) is 35.1 Å². The minimum Gasteiger partial charge on any atom is -0.319 e. The third kappa shape index (κ3) is 0.778. The van der Waals surface area contributed by atoms with Crippen molar-refractivity contribution in [1.29, 1.82) is 0 Å². The molecule has 1 radical (unpaired) electrons. The summed E-state index contributed by atoms with van der Waals surface area (Å²) in [5.41, 5.74) is 0. The molecule has 0 aromatic carbocycles. The van der Waals surface area contributed by atoms with E-state index >= 15 is 0 Å². The lowest BCUT2D eigenvalue weighted by molar-refractivity contribution is 0.532. The number of hydrogen-bond acceptors (Lipinski definition) is 2. The first-order valence-electron chi connectivity index (χ1n) is 3.23. The zero-order valence-corrected chi connectivity index (χ0v) is 5.49. The Balaban J connectivity index is 2.36. The van der Waals surface area contributed by atoms with E-state index in [0.717, 1.165) is 12.4 Å². The molecule has 0 aromatic rings. The Morgan fingerprint density at radius 1 is 1.50 bits per heavy atom. The molecule has 10 heavy (non-hydrogen) atoms. The average Bonchev–Trinajstić information content (AvgIpc) is 2.28. The van der Waals surface area contributed by atoms with Crippen molar-refractivity contribution in [3.05, 3.63) is 36.3 Å². The molecule has 0 N–H and O–H groups in total. The summed E-state index contributed by atoms with van der Waals surface area (Å²) >= 11 is 0. The molecule has 2 aliphatic heterocycles. The van der Waals surface area contributed by atoms with E-state index in [1.807, 2.05) is 35.4 Å². The zero-order chi connectivity index (χ0) is 6.81. The fraction of sp³-hybridized carbons (Fsp3) is 0.125. The van der Waals surface area contributed by atoms with Crippen LogP contribution in [0.4, 0.5) is 0 Å². The van der Waals surface area contributed by atoms with Crippen LogP contribution in [0.25, 0.3) is 0 Å². The van der Waals surface area contributed by atoms with Gasteiger partial charge in [-0.2, -0.15) is 0 Å². The molecule has 0 saturated carbocycles. The highest BCUT2D eigenvalue weighted by molar-refractivity contribution is 5.65. The maximum Gasteiger partial charge on any atom is 0.132 e.